The Balaban J connectivity index is 1.95. The summed E-state index contributed by atoms with van der Waals surface area (Å²) in [7, 11) is 0. The van der Waals surface area contributed by atoms with Gasteiger partial charge in [-0.25, -0.2) is 9.59 Å². The summed E-state index contributed by atoms with van der Waals surface area (Å²) in [6.07, 6.45) is 7.70. The van der Waals surface area contributed by atoms with Crippen molar-refractivity contribution in [3.63, 3.8) is 0 Å². The summed E-state index contributed by atoms with van der Waals surface area (Å²) in [5.41, 5.74) is 6.37. The van der Waals surface area contributed by atoms with Gasteiger partial charge in [-0.05, 0) is 85.3 Å². The topological polar surface area (TPSA) is 71.1 Å². The molecule has 0 N–H and O–H groups in total. The van der Waals surface area contributed by atoms with Gasteiger partial charge in [0.2, 0.25) is 0 Å². The SMILES string of the molecule is C=CC(=O)OCCCOc1c(C)cc(/C=C/c2cc(C)c(OCCCOC(=O)C=C)c(C)c2)cc1C. The van der Waals surface area contributed by atoms with Crippen LogP contribution in [-0.4, -0.2) is 38.4 Å². The van der Waals surface area contributed by atoms with E-state index in [1.807, 2.05) is 27.7 Å². The Morgan fingerprint density at radius 2 is 0.972 bits per heavy atom. The van der Waals surface area contributed by atoms with Crippen molar-refractivity contribution in [1.29, 1.82) is 0 Å². The van der Waals surface area contributed by atoms with Crippen LogP contribution in [0.25, 0.3) is 12.2 Å². The van der Waals surface area contributed by atoms with Crippen molar-refractivity contribution < 1.29 is 28.5 Å². The van der Waals surface area contributed by atoms with E-state index in [4.69, 9.17) is 18.9 Å². The van der Waals surface area contributed by atoms with E-state index in [1.165, 1.54) is 0 Å². The van der Waals surface area contributed by atoms with Crippen LogP contribution in [0.2, 0.25) is 0 Å². The minimum atomic E-state index is -0.421. The van der Waals surface area contributed by atoms with Crippen LogP contribution in [-0.2, 0) is 19.1 Å². The number of ether oxygens (including phenoxy) is 4. The zero-order valence-corrected chi connectivity index (χ0v) is 21.7. The molecule has 2 aromatic rings. The molecule has 6 nitrogen and oxygen atoms in total. The van der Waals surface area contributed by atoms with Crippen LogP contribution in [0.4, 0.5) is 0 Å². The second-order valence-electron chi connectivity index (χ2n) is 8.45. The third-order valence-electron chi connectivity index (χ3n) is 5.33. The van der Waals surface area contributed by atoms with Gasteiger partial charge >= 0.3 is 11.9 Å². The van der Waals surface area contributed by atoms with E-state index in [0.29, 0.717) is 39.3 Å². The Labute approximate surface area is 214 Å². The van der Waals surface area contributed by atoms with Crippen molar-refractivity contribution in [2.24, 2.45) is 0 Å². The third-order valence-corrected chi connectivity index (χ3v) is 5.33. The number of carbonyl (C=O) groups excluding carboxylic acids is 2. The van der Waals surface area contributed by atoms with Gasteiger partial charge in [-0.15, -0.1) is 0 Å². The number of benzene rings is 2. The molecule has 0 radical (unpaired) electrons. The number of aryl methyl sites for hydroxylation is 4. The number of rotatable bonds is 14. The van der Waals surface area contributed by atoms with Gasteiger partial charge in [0.15, 0.2) is 0 Å². The van der Waals surface area contributed by atoms with E-state index in [-0.39, 0.29) is 0 Å². The van der Waals surface area contributed by atoms with E-state index < -0.39 is 11.9 Å². The summed E-state index contributed by atoms with van der Waals surface area (Å²) in [6.45, 7) is 16.4. The first-order valence-electron chi connectivity index (χ1n) is 12.0. The summed E-state index contributed by atoms with van der Waals surface area (Å²) < 4.78 is 21.8. The van der Waals surface area contributed by atoms with Gasteiger partial charge in [-0.1, -0.05) is 25.3 Å². The van der Waals surface area contributed by atoms with E-state index >= 15 is 0 Å². The van der Waals surface area contributed by atoms with E-state index in [0.717, 1.165) is 57.0 Å². The van der Waals surface area contributed by atoms with Crippen molar-refractivity contribution in [2.45, 2.75) is 40.5 Å². The highest BCUT2D eigenvalue weighted by molar-refractivity contribution is 5.81. The molecule has 2 aromatic carbocycles. The fourth-order valence-corrected chi connectivity index (χ4v) is 3.74. The second-order valence-corrected chi connectivity index (χ2v) is 8.45. The lowest BCUT2D eigenvalue weighted by atomic mass is 10.0. The summed E-state index contributed by atoms with van der Waals surface area (Å²) in [6, 6.07) is 8.36. The summed E-state index contributed by atoms with van der Waals surface area (Å²) in [5, 5.41) is 0. The van der Waals surface area contributed by atoms with Gasteiger partial charge in [-0.2, -0.15) is 0 Å². The maximum atomic E-state index is 11.1. The normalized spacial score (nSPS) is 10.7. The van der Waals surface area contributed by atoms with Gasteiger partial charge in [0.1, 0.15) is 11.5 Å². The van der Waals surface area contributed by atoms with Crippen LogP contribution in [0.3, 0.4) is 0 Å². The van der Waals surface area contributed by atoms with Crippen LogP contribution in [0.1, 0.15) is 46.2 Å². The average Bonchev–Trinajstić information content (AvgIpc) is 2.84. The van der Waals surface area contributed by atoms with Crippen LogP contribution < -0.4 is 9.47 Å². The first-order chi connectivity index (χ1) is 17.2. The molecule has 2 rings (SSSR count). The van der Waals surface area contributed by atoms with Crippen molar-refractivity contribution >= 4 is 24.1 Å². The quantitative estimate of drug-likeness (QED) is 0.138. The molecule has 0 fully saturated rings. The number of hydrogen-bond donors (Lipinski definition) is 0. The molecule has 0 bridgehead atoms. The monoisotopic (exact) mass is 492 g/mol. The van der Waals surface area contributed by atoms with Crippen LogP contribution in [0.5, 0.6) is 11.5 Å². The molecule has 0 amide bonds. The van der Waals surface area contributed by atoms with Crippen molar-refractivity contribution in [1.82, 2.24) is 0 Å². The van der Waals surface area contributed by atoms with Crippen molar-refractivity contribution in [3.8, 4) is 11.5 Å². The minimum Gasteiger partial charge on any atom is -0.493 e. The fraction of sp³-hybridized carbons (Fsp3) is 0.333. The lowest BCUT2D eigenvalue weighted by molar-refractivity contribution is -0.138. The Bertz CT molecular complexity index is 979. The average molecular weight is 493 g/mol. The minimum absolute atomic E-state index is 0.303. The van der Waals surface area contributed by atoms with Gasteiger partial charge < -0.3 is 18.9 Å². The van der Waals surface area contributed by atoms with E-state index in [9.17, 15) is 9.59 Å². The highest BCUT2D eigenvalue weighted by atomic mass is 16.5. The highest BCUT2D eigenvalue weighted by Gasteiger charge is 2.08. The molecule has 0 unspecified atom stereocenters. The molecule has 0 saturated heterocycles. The first-order valence-corrected chi connectivity index (χ1v) is 12.0. The maximum Gasteiger partial charge on any atom is 0.330 e. The molecule has 0 saturated carbocycles. The maximum absolute atomic E-state index is 11.1. The lowest BCUT2D eigenvalue weighted by Gasteiger charge is -2.14. The molecule has 0 aliphatic heterocycles. The molecule has 192 valence electrons. The Morgan fingerprint density at radius 1 is 0.639 bits per heavy atom. The van der Waals surface area contributed by atoms with Crippen molar-refractivity contribution in [3.05, 3.63) is 83.0 Å². The molecule has 36 heavy (non-hydrogen) atoms. The van der Waals surface area contributed by atoms with Crippen LogP contribution in [0, 0.1) is 27.7 Å². The molecular weight excluding hydrogens is 456 g/mol. The van der Waals surface area contributed by atoms with E-state index in [1.54, 1.807) is 0 Å². The van der Waals surface area contributed by atoms with Gasteiger partial charge in [0.05, 0.1) is 26.4 Å². The summed E-state index contributed by atoms with van der Waals surface area (Å²) >= 11 is 0. The molecular formula is C30H36O6. The van der Waals surface area contributed by atoms with Gasteiger partial charge in [-0.3, -0.25) is 0 Å². The Kier molecular flexibility index (Phi) is 11.5. The largest absolute Gasteiger partial charge is 0.493 e. The predicted molar refractivity (Wildman–Crippen MR) is 143 cm³/mol. The molecule has 0 aliphatic carbocycles. The second kappa shape index (κ2) is 14.6. The standard InChI is InChI=1S/C30H36O6/c1-7-27(31)33-13-9-15-35-29-21(3)17-25(18-22(29)4)11-12-26-19-23(5)30(24(6)20-26)36-16-10-14-34-28(32)8-2/h7-8,11-12,17-20H,1-2,9-10,13-16H2,3-6H3/b12-11+. The lowest BCUT2D eigenvalue weighted by Crippen LogP contribution is -2.07. The fourth-order valence-electron chi connectivity index (χ4n) is 3.74. The molecule has 0 aromatic heterocycles. The van der Waals surface area contributed by atoms with Crippen LogP contribution >= 0.6 is 0 Å². The van der Waals surface area contributed by atoms with Gasteiger partial charge in [0, 0.05) is 25.0 Å². The molecule has 0 heterocycles. The zero-order chi connectivity index (χ0) is 26.5. The van der Waals surface area contributed by atoms with Crippen molar-refractivity contribution in [2.75, 3.05) is 26.4 Å². The first kappa shape index (κ1) is 28.4. The molecule has 0 atom stereocenters. The van der Waals surface area contributed by atoms with Gasteiger partial charge in [0.25, 0.3) is 0 Å². The zero-order valence-electron chi connectivity index (χ0n) is 21.7. The highest BCUT2D eigenvalue weighted by Crippen LogP contribution is 2.28. The summed E-state index contributed by atoms with van der Waals surface area (Å²) in [4.78, 5) is 22.2. The predicted octanol–water partition coefficient (Wildman–Crippen LogP) is 6.09. The molecule has 6 heteroatoms. The number of esters is 2. The van der Waals surface area contributed by atoms with Crippen LogP contribution in [0.15, 0.2) is 49.6 Å². The smallest absolute Gasteiger partial charge is 0.330 e. The summed E-state index contributed by atoms with van der Waals surface area (Å²) in [5.74, 6) is 0.869. The Morgan fingerprint density at radius 3 is 1.28 bits per heavy atom. The number of carbonyl (C=O) groups is 2. The third kappa shape index (κ3) is 9.10. The Hall–Kier alpha value is -3.80. The number of hydrogen-bond acceptors (Lipinski definition) is 6. The molecule has 0 spiro atoms. The van der Waals surface area contributed by atoms with E-state index in [2.05, 4.69) is 49.6 Å². The molecule has 0 aliphatic rings.